The first kappa shape index (κ1) is 20.1. The number of amides is 2. The Kier molecular flexibility index (Phi) is 7.05. The molecule has 0 unspecified atom stereocenters. The van der Waals surface area contributed by atoms with Crippen LogP contribution in [0.15, 0.2) is 42.5 Å². The standard InChI is InChI=1S/C20H20F2N2O3/c1-3-10-27-15-7-4-14(5-8-15)6-9-20(26)24-19-12-18(23-13(2)25)16(21)11-17(19)22/h4-9,11-12H,3,10H2,1-2H3,(H,23,25)(H,24,26)/b9-6+. The van der Waals surface area contributed by atoms with Gasteiger partial charge in [-0.1, -0.05) is 19.1 Å². The summed E-state index contributed by atoms with van der Waals surface area (Å²) < 4.78 is 32.9. The molecule has 0 aliphatic heterocycles. The molecular formula is C20H20F2N2O3. The van der Waals surface area contributed by atoms with E-state index in [1.54, 1.807) is 30.3 Å². The molecule has 2 rings (SSSR count). The lowest BCUT2D eigenvalue weighted by atomic mass is 10.2. The number of nitrogens with one attached hydrogen (secondary N) is 2. The van der Waals surface area contributed by atoms with Crippen LogP contribution < -0.4 is 15.4 Å². The van der Waals surface area contributed by atoms with Gasteiger partial charge < -0.3 is 15.4 Å². The Labute approximate surface area is 156 Å². The van der Waals surface area contributed by atoms with Gasteiger partial charge in [0.05, 0.1) is 18.0 Å². The summed E-state index contributed by atoms with van der Waals surface area (Å²) in [4.78, 5) is 23.0. The van der Waals surface area contributed by atoms with Crippen LogP contribution in [0.2, 0.25) is 0 Å². The van der Waals surface area contributed by atoms with Gasteiger partial charge in [0.15, 0.2) is 0 Å². The minimum atomic E-state index is -0.944. The number of rotatable bonds is 7. The highest BCUT2D eigenvalue weighted by molar-refractivity contribution is 6.02. The van der Waals surface area contributed by atoms with Crippen molar-refractivity contribution in [3.05, 3.63) is 59.7 Å². The van der Waals surface area contributed by atoms with Gasteiger partial charge in [0.1, 0.15) is 17.4 Å². The number of carbonyl (C=O) groups is 2. The van der Waals surface area contributed by atoms with Gasteiger partial charge in [0.25, 0.3) is 0 Å². The zero-order chi connectivity index (χ0) is 19.8. The normalized spacial score (nSPS) is 10.7. The lowest BCUT2D eigenvalue weighted by Crippen LogP contribution is -2.12. The van der Waals surface area contributed by atoms with Gasteiger partial charge in [-0.25, -0.2) is 8.78 Å². The molecule has 0 fully saturated rings. The first-order valence-electron chi connectivity index (χ1n) is 8.37. The molecule has 2 aromatic rings. The van der Waals surface area contributed by atoms with Crippen LogP contribution in [0.25, 0.3) is 6.08 Å². The highest BCUT2D eigenvalue weighted by atomic mass is 19.1. The van der Waals surface area contributed by atoms with Crippen LogP contribution in [-0.4, -0.2) is 18.4 Å². The lowest BCUT2D eigenvalue weighted by Gasteiger charge is -2.09. The second kappa shape index (κ2) is 9.47. The van der Waals surface area contributed by atoms with Crippen molar-refractivity contribution < 1.29 is 23.1 Å². The maximum Gasteiger partial charge on any atom is 0.248 e. The van der Waals surface area contributed by atoms with Crippen LogP contribution in [0.4, 0.5) is 20.2 Å². The van der Waals surface area contributed by atoms with Crippen molar-refractivity contribution in [2.45, 2.75) is 20.3 Å². The van der Waals surface area contributed by atoms with E-state index in [0.29, 0.717) is 12.7 Å². The van der Waals surface area contributed by atoms with Crippen molar-refractivity contribution >= 4 is 29.3 Å². The summed E-state index contributed by atoms with van der Waals surface area (Å²) >= 11 is 0. The Morgan fingerprint density at radius 2 is 1.67 bits per heavy atom. The molecule has 0 aromatic heterocycles. The molecule has 142 valence electrons. The van der Waals surface area contributed by atoms with Crippen LogP contribution in [0, 0.1) is 11.6 Å². The Hall–Kier alpha value is -3.22. The van der Waals surface area contributed by atoms with E-state index in [9.17, 15) is 18.4 Å². The van der Waals surface area contributed by atoms with E-state index in [1.165, 1.54) is 13.0 Å². The summed E-state index contributed by atoms with van der Waals surface area (Å²) in [6.45, 7) is 3.84. The average Bonchev–Trinajstić information content (AvgIpc) is 2.62. The zero-order valence-electron chi connectivity index (χ0n) is 15.0. The summed E-state index contributed by atoms with van der Waals surface area (Å²) in [7, 11) is 0. The second-order valence-corrected chi connectivity index (χ2v) is 5.73. The van der Waals surface area contributed by atoms with Crippen molar-refractivity contribution in [2.75, 3.05) is 17.2 Å². The molecule has 0 radical (unpaired) electrons. The molecule has 0 spiro atoms. The third-order valence-electron chi connectivity index (χ3n) is 3.41. The molecule has 0 saturated carbocycles. The van der Waals surface area contributed by atoms with Crippen LogP contribution in [0.3, 0.4) is 0 Å². The molecule has 0 bridgehead atoms. The third-order valence-corrected chi connectivity index (χ3v) is 3.41. The van der Waals surface area contributed by atoms with E-state index in [4.69, 9.17) is 4.74 Å². The second-order valence-electron chi connectivity index (χ2n) is 5.73. The lowest BCUT2D eigenvalue weighted by molar-refractivity contribution is -0.114. The summed E-state index contributed by atoms with van der Waals surface area (Å²) in [5, 5.41) is 4.55. The van der Waals surface area contributed by atoms with Crippen molar-refractivity contribution in [1.82, 2.24) is 0 Å². The van der Waals surface area contributed by atoms with Crippen LogP contribution >= 0.6 is 0 Å². The zero-order valence-corrected chi connectivity index (χ0v) is 15.0. The number of halogens is 2. The Morgan fingerprint density at radius 3 is 2.26 bits per heavy atom. The molecule has 2 aromatic carbocycles. The molecule has 2 N–H and O–H groups in total. The smallest absolute Gasteiger partial charge is 0.248 e. The van der Waals surface area contributed by atoms with Crippen LogP contribution in [0.1, 0.15) is 25.8 Å². The summed E-state index contributed by atoms with van der Waals surface area (Å²) in [6.07, 6.45) is 3.68. The van der Waals surface area contributed by atoms with E-state index < -0.39 is 23.4 Å². The van der Waals surface area contributed by atoms with Gasteiger partial charge >= 0.3 is 0 Å². The predicted molar refractivity (Wildman–Crippen MR) is 101 cm³/mol. The summed E-state index contributed by atoms with van der Waals surface area (Å²) in [5.41, 5.74) is 0.302. The maximum absolute atomic E-state index is 13.8. The number of ether oxygens (including phenoxy) is 1. The number of carbonyl (C=O) groups excluding carboxylic acids is 2. The van der Waals surface area contributed by atoms with E-state index in [2.05, 4.69) is 10.6 Å². The van der Waals surface area contributed by atoms with Gasteiger partial charge in [0, 0.05) is 19.1 Å². The van der Waals surface area contributed by atoms with Gasteiger partial charge in [-0.05, 0) is 36.3 Å². The number of anilines is 2. The molecular weight excluding hydrogens is 354 g/mol. The Balaban J connectivity index is 2.04. The molecule has 0 saturated heterocycles. The largest absolute Gasteiger partial charge is 0.494 e. The Morgan fingerprint density at radius 1 is 1.04 bits per heavy atom. The minimum absolute atomic E-state index is 0.217. The monoisotopic (exact) mass is 374 g/mol. The number of hydrogen-bond donors (Lipinski definition) is 2. The molecule has 7 heteroatoms. The predicted octanol–water partition coefficient (Wildman–Crippen LogP) is 4.36. The Bertz CT molecular complexity index is 849. The molecule has 5 nitrogen and oxygen atoms in total. The van der Waals surface area contributed by atoms with Gasteiger partial charge in [-0.2, -0.15) is 0 Å². The summed E-state index contributed by atoms with van der Waals surface area (Å²) in [6, 6.07) is 8.75. The highest BCUT2D eigenvalue weighted by Gasteiger charge is 2.12. The van der Waals surface area contributed by atoms with Gasteiger partial charge in [-0.15, -0.1) is 0 Å². The van der Waals surface area contributed by atoms with Crippen LogP contribution in [0.5, 0.6) is 5.75 Å². The average molecular weight is 374 g/mol. The minimum Gasteiger partial charge on any atom is -0.494 e. The summed E-state index contributed by atoms with van der Waals surface area (Å²) in [5.74, 6) is -2.25. The fourth-order valence-corrected chi connectivity index (χ4v) is 2.17. The molecule has 27 heavy (non-hydrogen) atoms. The van der Waals surface area contributed by atoms with E-state index >= 15 is 0 Å². The third kappa shape index (κ3) is 6.22. The van der Waals surface area contributed by atoms with Gasteiger partial charge in [-0.3, -0.25) is 9.59 Å². The van der Waals surface area contributed by atoms with E-state index in [-0.39, 0.29) is 11.4 Å². The maximum atomic E-state index is 13.8. The fraction of sp³-hybridized carbons (Fsp3) is 0.200. The van der Waals surface area contributed by atoms with Gasteiger partial charge in [0.2, 0.25) is 11.8 Å². The molecule has 0 heterocycles. The van der Waals surface area contributed by atoms with Crippen LogP contribution in [-0.2, 0) is 9.59 Å². The van der Waals surface area contributed by atoms with E-state index in [1.807, 2.05) is 6.92 Å². The first-order chi connectivity index (χ1) is 12.9. The fourth-order valence-electron chi connectivity index (χ4n) is 2.17. The number of benzene rings is 2. The van der Waals surface area contributed by atoms with E-state index in [0.717, 1.165) is 23.8 Å². The SMILES string of the molecule is CCCOc1ccc(/C=C/C(=O)Nc2cc(NC(C)=O)c(F)cc2F)cc1. The first-order valence-corrected chi connectivity index (χ1v) is 8.37. The van der Waals surface area contributed by atoms with Crippen molar-refractivity contribution in [3.8, 4) is 5.75 Å². The number of hydrogen-bond acceptors (Lipinski definition) is 3. The molecule has 2 amide bonds. The molecule has 0 aliphatic rings. The van der Waals surface area contributed by atoms with Crippen molar-refractivity contribution in [1.29, 1.82) is 0 Å². The molecule has 0 atom stereocenters. The van der Waals surface area contributed by atoms with Crippen molar-refractivity contribution in [3.63, 3.8) is 0 Å². The topological polar surface area (TPSA) is 67.4 Å². The van der Waals surface area contributed by atoms with Crippen molar-refractivity contribution in [2.24, 2.45) is 0 Å². The highest BCUT2D eigenvalue weighted by Crippen LogP contribution is 2.23. The molecule has 0 aliphatic carbocycles. The quantitative estimate of drug-likeness (QED) is 0.708.